The highest BCUT2D eigenvalue weighted by atomic mass is 16.4. The molecule has 0 aromatic heterocycles. The zero-order chi connectivity index (χ0) is 17.9. The number of rotatable bonds is 8. The number of aliphatic hydroxyl groups is 1. The molecule has 0 aliphatic carbocycles. The van der Waals surface area contributed by atoms with Gasteiger partial charge in [0.25, 0.3) is 0 Å². The smallest absolute Gasteiger partial charge is 0.336 e. The van der Waals surface area contributed by atoms with Gasteiger partial charge in [-0.1, -0.05) is 37.3 Å². The van der Waals surface area contributed by atoms with Gasteiger partial charge in [0.15, 0.2) is 5.60 Å². The van der Waals surface area contributed by atoms with E-state index < -0.39 is 36.4 Å². The van der Waals surface area contributed by atoms with Crippen molar-refractivity contribution in [3.05, 3.63) is 35.9 Å². The molecule has 1 aromatic rings. The number of nitrogens with one attached hydrogen (secondary N) is 1. The first kappa shape index (κ1) is 20.6. The zero-order valence-corrected chi connectivity index (χ0v) is 12.7. The van der Waals surface area contributed by atoms with Crippen molar-refractivity contribution in [2.75, 3.05) is 6.54 Å². The molecule has 23 heavy (non-hydrogen) atoms. The van der Waals surface area contributed by atoms with Gasteiger partial charge in [0, 0.05) is 6.54 Å². The molecule has 1 rings (SSSR count). The lowest BCUT2D eigenvalue weighted by Crippen LogP contribution is -2.42. The first-order valence-electron chi connectivity index (χ1n) is 6.85. The van der Waals surface area contributed by atoms with Crippen LogP contribution in [0.5, 0.6) is 0 Å². The normalized spacial score (nSPS) is 10.3. The van der Waals surface area contributed by atoms with E-state index in [4.69, 9.17) is 20.4 Å². The van der Waals surface area contributed by atoms with Gasteiger partial charge in [-0.2, -0.15) is 0 Å². The number of aliphatic carboxylic acids is 3. The minimum absolute atomic E-state index is 0.983. The topological polar surface area (TPSA) is 144 Å². The molecular formula is C15H21NO7. The Morgan fingerprint density at radius 3 is 1.83 bits per heavy atom. The summed E-state index contributed by atoms with van der Waals surface area (Å²) in [7, 11) is 0. The Hall–Kier alpha value is -2.45. The number of carboxylic acids is 3. The summed E-state index contributed by atoms with van der Waals surface area (Å²) >= 11 is 0. The van der Waals surface area contributed by atoms with Crippen LogP contribution in [-0.4, -0.2) is 50.5 Å². The highest BCUT2D eigenvalue weighted by molar-refractivity contribution is 5.88. The van der Waals surface area contributed by atoms with Crippen molar-refractivity contribution in [2.45, 2.75) is 31.9 Å². The molecule has 0 saturated heterocycles. The van der Waals surface area contributed by atoms with Crippen molar-refractivity contribution in [1.82, 2.24) is 5.32 Å². The molecule has 0 radical (unpaired) electrons. The van der Waals surface area contributed by atoms with Gasteiger partial charge in [-0.25, -0.2) is 4.79 Å². The van der Waals surface area contributed by atoms with Gasteiger partial charge < -0.3 is 25.7 Å². The predicted octanol–water partition coefficient (Wildman–Crippen LogP) is 0.548. The summed E-state index contributed by atoms with van der Waals surface area (Å²) in [6, 6.07) is 10.4. The quantitative estimate of drug-likeness (QED) is 0.465. The van der Waals surface area contributed by atoms with Crippen LogP contribution in [0.4, 0.5) is 0 Å². The van der Waals surface area contributed by atoms with Gasteiger partial charge in [0.05, 0.1) is 12.8 Å². The second-order valence-electron chi connectivity index (χ2n) is 4.74. The number of hydrogen-bond acceptors (Lipinski definition) is 5. The SMILES string of the molecule is CCNCc1ccccc1.O=C(O)CC(O)(CC(=O)O)C(=O)O. The van der Waals surface area contributed by atoms with E-state index in [1.165, 1.54) is 5.56 Å². The average Bonchev–Trinajstić information content (AvgIpc) is 2.45. The number of carboxylic acid groups (broad SMARTS) is 3. The molecule has 128 valence electrons. The third-order valence-corrected chi connectivity index (χ3v) is 2.71. The fourth-order valence-electron chi connectivity index (χ4n) is 1.58. The maximum Gasteiger partial charge on any atom is 0.336 e. The fraction of sp³-hybridized carbons (Fsp3) is 0.400. The Morgan fingerprint density at radius 2 is 1.48 bits per heavy atom. The summed E-state index contributed by atoms with van der Waals surface area (Å²) in [6.07, 6.45) is -2.29. The van der Waals surface area contributed by atoms with E-state index >= 15 is 0 Å². The number of carbonyl (C=O) groups is 3. The molecule has 8 heteroatoms. The zero-order valence-electron chi connectivity index (χ0n) is 12.7. The van der Waals surface area contributed by atoms with Gasteiger partial charge >= 0.3 is 17.9 Å². The molecule has 0 atom stereocenters. The molecule has 0 bridgehead atoms. The molecular weight excluding hydrogens is 306 g/mol. The van der Waals surface area contributed by atoms with Crippen LogP contribution in [0.15, 0.2) is 30.3 Å². The molecule has 0 aliphatic rings. The van der Waals surface area contributed by atoms with E-state index in [2.05, 4.69) is 36.5 Å². The maximum absolute atomic E-state index is 10.3. The van der Waals surface area contributed by atoms with Gasteiger partial charge in [-0.15, -0.1) is 0 Å². The fourth-order valence-corrected chi connectivity index (χ4v) is 1.58. The standard InChI is InChI=1S/C9H13N.C6H8O7/c1-2-10-8-9-6-4-3-5-7-9;7-3(8)1-6(13,5(11)12)2-4(9)10/h3-7,10H,2,8H2,1H3;13H,1-2H2,(H,7,8)(H,9,10)(H,11,12). The third-order valence-electron chi connectivity index (χ3n) is 2.71. The van der Waals surface area contributed by atoms with E-state index in [0.29, 0.717) is 0 Å². The molecule has 0 fully saturated rings. The van der Waals surface area contributed by atoms with E-state index in [-0.39, 0.29) is 0 Å². The second kappa shape index (κ2) is 10.3. The molecule has 1 aromatic carbocycles. The summed E-state index contributed by atoms with van der Waals surface area (Å²) in [5, 5.41) is 37.1. The second-order valence-corrected chi connectivity index (χ2v) is 4.74. The molecule has 0 heterocycles. The molecule has 0 amide bonds. The van der Waals surface area contributed by atoms with Crippen LogP contribution >= 0.6 is 0 Å². The first-order valence-corrected chi connectivity index (χ1v) is 6.85. The third kappa shape index (κ3) is 9.22. The van der Waals surface area contributed by atoms with E-state index in [0.717, 1.165) is 13.1 Å². The summed E-state index contributed by atoms with van der Waals surface area (Å²) in [4.78, 5) is 30.5. The van der Waals surface area contributed by atoms with E-state index in [1.807, 2.05) is 6.07 Å². The Labute approximate surface area is 133 Å². The van der Waals surface area contributed by atoms with E-state index in [9.17, 15) is 14.4 Å². The van der Waals surface area contributed by atoms with Crippen LogP contribution in [0.25, 0.3) is 0 Å². The van der Waals surface area contributed by atoms with Gasteiger partial charge in [0.1, 0.15) is 0 Å². The Morgan fingerprint density at radius 1 is 1.00 bits per heavy atom. The van der Waals surface area contributed by atoms with Crippen molar-refractivity contribution in [3.8, 4) is 0 Å². The van der Waals surface area contributed by atoms with Crippen LogP contribution in [-0.2, 0) is 20.9 Å². The van der Waals surface area contributed by atoms with Crippen molar-refractivity contribution >= 4 is 17.9 Å². The van der Waals surface area contributed by atoms with Crippen molar-refractivity contribution < 1.29 is 34.8 Å². The Balaban J connectivity index is 0.000000433. The van der Waals surface area contributed by atoms with Crippen molar-refractivity contribution in [1.29, 1.82) is 0 Å². The highest BCUT2D eigenvalue weighted by Crippen LogP contribution is 2.15. The van der Waals surface area contributed by atoms with Gasteiger partial charge in [-0.3, -0.25) is 9.59 Å². The van der Waals surface area contributed by atoms with Crippen LogP contribution in [0.2, 0.25) is 0 Å². The number of benzene rings is 1. The first-order chi connectivity index (χ1) is 10.7. The Kier molecular flexibility index (Phi) is 9.21. The number of hydrogen-bond donors (Lipinski definition) is 5. The van der Waals surface area contributed by atoms with Crippen LogP contribution in [0.1, 0.15) is 25.3 Å². The van der Waals surface area contributed by atoms with E-state index in [1.54, 1.807) is 0 Å². The molecule has 0 saturated carbocycles. The summed E-state index contributed by atoms with van der Waals surface area (Å²) < 4.78 is 0. The van der Waals surface area contributed by atoms with Crippen molar-refractivity contribution in [3.63, 3.8) is 0 Å². The van der Waals surface area contributed by atoms with Gasteiger partial charge in [0.2, 0.25) is 0 Å². The van der Waals surface area contributed by atoms with Crippen LogP contribution < -0.4 is 5.32 Å². The highest BCUT2D eigenvalue weighted by Gasteiger charge is 2.40. The minimum atomic E-state index is -2.74. The lowest BCUT2D eigenvalue weighted by Gasteiger charge is -2.18. The maximum atomic E-state index is 10.3. The predicted molar refractivity (Wildman–Crippen MR) is 80.9 cm³/mol. The molecule has 0 unspecified atom stereocenters. The molecule has 0 aliphatic heterocycles. The monoisotopic (exact) mass is 327 g/mol. The summed E-state index contributed by atoms with van der Waals surface area (Å²) in [5.41, 5.74) is -1.39. The molecule has 5 N–H and O–H groups in total. The summed E-state index contributed by atoms with van der Waals surface area (Å²) in [6.45, 7) is 4.13. The molecule has 0 spiro atoms. The summed E-state index contributed by atoms with van der Waals surface area (Å²) in [5.74, 6) is -5.02. The Bertz CT molecular complexity index is 500. The van der Waals surface area contributed by atoms with Crippen molar-refractivity contribution in [2.24, 2.45) is 0 Å². The lowest BCUT2D eigenvalue weighted by molar-refractivity contribution is -0.170. The molecule has 8 nitrogen and oxygen atoms in total. The average molecular weight is 327 g/mol. The lowest BCUT2D eigenvalue weighted by atomic mass is 9.96. The van der Waals surface area contributed by atoms with Crippen LogP contribution in [0, 0.1) is 0 Å². The van der Waals surface area contributed by atoms with Gasteiger partial charge in [-0.05, 0) is 12.1 Å². The largest absolute Gasteiger partial charge is 0.481 e. The van der Waals surface area contributed by atoms with Crippen LogP contribution in [0.3, 0.4) is 0 Å². The minimum Gasteiger partial charge on any atom is -0.481 e.